The molecular formula is C25H32ClN6O2P. The number of benzene rings is 2. The van der Waals surface area contributed by atoms with Crippen LogP contribution in [0.2, 0.25) is 5.02 Å². The summed E-state index contributed by atoms with van der Waals surface area (Å²) in [5, 5.41) is 7.57. The molecule has 1 aliphatic heterocycles. The molecule has 8 nitrogen and oxygen atoms in total. The van der Waals surface area contributed by atoms with Crippen molar-refractivity contribution in [1.29, 1.82) is 0 Å². The molecule has 2 aromatic carbocycles. The molecule has 4 rings (SSSR count). The number of nitrogens with zero attached hydrogens (tertiary/aromatic N) is 4. The number of para-hydroxylation sites is 1. The molecule has 3 aromatic rings. The van der Waals surface area contributed by atoms with Gasteiger partial charge in [-0.1, -0.05) is 30.7 Å². The Bertz CT molecular complexity index is 1230. The Morgan fingerprint density at radius 1 is 1.06 bits per heavy atom. The van der Waals surface area contributed by atoms with Crippen LogP contribution in [-0.4, -0.2) is 68.0 Å². The number of methoxy groups -OCH3 is 1. The fourth-order valence-corrected chi connectivity index (χ4v) is 5.41. The van der Waals surface area contributed by atoms with E-state index in [1.54, 1.807) is 20.4 Å². The minimum Gasteiger partial charge on any atom is -0.494 e. The molecule has 0 aliphatic carbocycles. The van der Waals surface area contributed by atoms with Gasteiger partial charge in [0.1, 0.15) is 17.9 Å². The van der Waals surface area contributed by atoms with Crippen LogP contribution in [0.5, 0.6) is 5.75 Å². The highest BCUT2D eigenvalue weighted by molar-refractivity contribution is 7.70. The fraction of sp³-hybridized carbons (Fsp3) is 0.360. The van der Waals surface area contributed by atoms with Crippen LogP contribution in [0.1, 0.15) is 6.92 Å². The molecule has 2 N–H and O–H groups in total. The molecule has 0 spiro atoms. The number of rotatable bonds is 8. The number of halogens is 1. The van der Waals surface area contributed by atoms with E-state index in [1.165, 1.54) is 6.20 Å². The SMILES string of the molecule is CCN1CCN(c2ccc(Nc3ncc(Cl)c(Nc4ccccc4P(C)(C)=O)n3)c(OC)c2)CC1. The van der Waals surface area contributed by atoms with Crippen molar-refractivity contribution in [2.24, 2.45) is 0 Å². The van der Waals surface area contributed by atoms with Crippen molar-refractivity contribution in [2.45, 2.75) is 6.92 Å². The summed E-state index contributed by atoms with van der Waals surface area (Å²) < 4.78 is 18.4. The second-order valence-electron chi connectivity index (χ2n) is 8.81. The van der Waals surface area contributed by atoms with Crippen LogP contribution in [0.25, 0.3) is 0 Å². The first kappa shape index (κ1) is 25.3. The number of hydrogen-bond donors (Lipinski definition) is 2. The average molecular weight is 515 g/mol. The molecule has 2 heterocycles. The average Bonchev–Trinajstić information content (AvgIpc) is 2.86. The van der Waals surface area contributed by atoms with Crippen molar-refractivity contribution in [3.8, 4) is 5.75 Å². The predicted octanol–water partition coefficient (Wildman–Crippen LogP) is 5.02. The highest BCUT2D eigenvalue weighted by atomic mass is 35.5. The molecule has 0 atom stereocenters. The van der Waals surface area contributed by atoms with Gasteiger partial charge in [0.25, 0.3) is 0 Å². The molecule has 186 valence electrons. The van der Waals surface area contributed by atoms with Gasteiger partial charge >= 0.3 is 0 Å². The van der Waals surface area contributed by atoms with Gasteiger partial charge in [0.05, 0.1) is 24.7 Å². The van der Waals surface area contributed by atoms with Crippen LogP contribution in [0.4, 0.5) is 28.8 Å². The highest BCUT2D eigenvalue weighted by Gasteiger charge is 2.19. The lowest BCUT2D eigenvalue weighted by Crippen LogP contribution is -2.46. The first-order valence-electron chi connectivity index (χ1n) is 11.6. The molecule has 1 aromatic heterocycles. The Labute approximate surface area is 212 Å². The van der Waals surface area contributed by atoms with E-state index in [4.69, 9.17) is 16.3 Å². The van der Waals surface area contributed by atoms with E-state index >= 15 is 0 Å². The summed E-state index contributed by atoms with van der Waals surface area (Å²) in [6, 6.07) is 13.6. The quantitative estimate of drug-likeness (QED) is 0.406. The largest absolute Gasteiger partial charge is 0.494 e. The van der Waals surface area contributed by atoms with Crippen molar-refractivity contribution in [2.75, 3.05) is 68.7 Å². The Balaban J connectivity index is 1.54. The van der Waals surface area contributed by atoms with Crippen LogP contribution in [-0.2, 0) is 4.57 Å². The molecule has 0 unspecified atom stereocenters. The molecule has 1 saturated heterocycles. The molecule has 35 heavy (non-hydrogen) atoms. The van der Waals surface area contributed by atoms with Crippen molar-refractivity contribution in [3.63, 3.8) is 0 Å². The first-order chi connectivity index (χ1) is 16.8. The number of hydrogen-bond acceptors (Lipinski definition) is 8. The lowest BCUT2D eigenvalue weighted by molar-refractivity contribution is 0.271. The zero-order valence-corrected chi connectivity index (χ0v) is 22.2. The van der Waals surface area contributed by atoms with Crippen molar-refractivity contribution >= 4 is 52.9 Å². The van der Waals surface area contributed by atoms with E-state index in [0.29, 0.717) is 28.2 Å². The van der Waals surface area contributed by atoms with Crippen LogP contribution in [0, 0.1) is 0 Å². The molecule has 0 bridgehead atoms. The van der Waals surface area contributed by atoms with Crippen molar-refractivity contribution in [3.05, 3.63) is 53.7 Å². The summed E-state index contributed by atoms with van der Waals surface area (Å²) in [6.45, 7) is 10.8. The van der Waals surface area contributed by atoms with E-state index in [1.807, 2.05) is 36.4 Å². The monoisotopic (exact) mass is 514 g/mol. The van der Waals surface area contributed by atoms with Gasteiger partial charge in [-0.15, -0.1) is 0 Å². The minimum atomic E-state index is -2.49. The molecule has 1 fully saturated rings. The van der Waals surface area contributed by atoms with E-state index in [2.05, 4.69) is 43.4 Å². The molecule has 1 aliphatic rings. The fourth-order valence-electron chi connectivity index (χ4n) is 4.11. The lowest BCUT2D eigenvalue weighted by Gasteiger charge is -2.35. The summed E-state index contributed by atoms with van der Waals surface area (Å²) in [6.07, 6.45) is 1.54. The van der Waals surface area contributed by atoms with Gasteiger partial charge in [-0.05, 0) is 44.1 Å². The summed E-state index contributed by atoms with van der Waals surface area (Å²) in [5.74, 6) is 1.50. The summed E-state index contributed by atoms with van der Waals surface area (Å²) in [5.41, 5.74) is 2.59. The Morgan fingerprint density at radius 2 is 1.80 bits per heavy atom. The molecule has 10 heteroatoms. The summed E-state index contributed by atoms with van der Waals surface area (Å²) in [7, 11) is -0.842. The van der Waals surface area contributed by atoms with Gasteiger partial charge in [0.2, 0.25) is 5.95 Å². The molecule has 0 amide bonds. The smallest absolute Gasteiger partial charge is 0.229 e. The van der Waals surface area contributed by atoms with Gasteiger partial charge in [-0.2, -0.15) is 4.98 Å². The van der Waals surface area contributed by atoms with Crippen LogP contribution >= 0.6 is 18.7 Å². The van der Waals surface area contributed by atoms with Crippen LogP contribution in [0.3, 0.4) is 0 Å². The Morgan fingerprint density at radius 3 is 2.49 bits per heavy atom. The Hall–Kier alpha value is -2.80. The minimum absolute atomic E-state index is 0.362. The number of aromatic nitrogens is 2. The van der Waals surface area contributed by atoms with Gasteiger partial charge in [-0.3, -0.25) is 0 Å². The summed E-state index contributed by atoms with van der Waals surface area (Å²) >= 11 is 6.38. The standard InChI is InChI=1S/C25H32ClN6O2P/c1-5-31-12-14-32(15-13-31)18-10-11-20(22(16-18)34-2)29-25-27-17-19(26)24(30-25)28-21-8-6-7-9-23(21)35(3,4)33/h6-11,16-17H,5,12-15H2,1-4H3,(H2,27,28,29,30). The predicted molar refractivity (Wildman–Crippen MR) is 146 cm³/mol. The third-order valence-corrected chi connectivity index (χ3v) is 7.92. The van der Waals surface area contributed by atoms with E-state index in [-0.39, 0.29) is 0 Å². The zero-order chi connectivity index (χ0) is 25.0. The second kappa shape index (κ2) is 10.9. The van der Waals surface area contributed by atoms with Gasteiger partial charge in [0.15, 0.2) is 5.82 Å². The first-order valence-corrected chi connectivity index (χ1v) is 14.6. The van der Waals surface area contributed by atoms with E-state index < -0.39 is 7.14 Å². The van der Waals surface area contributed by atoms with Crippen molar-refractivity contribution < 1.29 is 9.30 Å². The summed E-state index contributed by atoms with van der Waals surface area (Å²) in [4.78, 5) is 13.7. The number of likely N-dealkylation sites (N-methyl/N-ethyl adjacent to an activating group) is 1. The zero-order valence-electron chi connectivity index (χ0n) is 20.6. The maximum absolute atomic E-state index is 12.7. The van der Waals surface area contributed by atoms with Crippen LogP contribution < -0.4 is 25.6 Å². The third-order valence-electron chi connectivity index (χ3n) is 6.10. The normalized spacial score (nSPS) is 14.6. The topological polar surface area (TPSA) is 82.6 Å². The molecular weight excluding hydrogens is 483 g/mol. The number of piperazine rings is 1. The van der Waals surface area contributed by atoms with Crippen molar-refractivity contribution in [1.82, 2.24) is 14.9 Å². The van der Waals surface area contributed by atoms with Crippen LogP contribution in [0.15, 0.2) is 48.7 Å². The maximum Gasteiger partial charge on any atom is 0.229 e. The molecule has 0 saturated carbocycles. The van der Waals surface area contributed by atoms with E-state index in [9.17, 15) is 4.57 Å². The Kier molecular flexibility index (Phi) is 7.85. The third kappa shape index (κ3) is 6.07. The number of nitrogens with one attached hydrogen (secondary N) is 2. The number of ether oxygens (including phenoxy) is 1. The van der Waals surface area contributed by atoms with Gasteiger partial charge < -0.3 is 29.7 Å². The lowest BCUT2D eigenvalue weighted by atomic mass is 10.2. The highest BCUT2D eigenvalue weighted by Crippen LogP contribution is 2.39. The van der Waals surface area contributed by atoms with Gasteiger partial charge in [0, 0.05) is 43.2 Å². The molecule has 0 radical (unpaired) electrons. The second-order valence-corrected chi connectivity index (χ2v) is 12.4. The number of anilines is 5. The van der Waals surface area contributed by atoms with E-state index in [0.717, 1.165) is 49.4 Å². The maximum atomic E-state index is 12.7. The van der Waals surface area contributed by atoms with Gasteiger partial charge in [-0.25, -0.2) is 4.98 Å².